The highest BCUT2D eigenvalue weighted by molar-refractivity contribution is 5.99. The number of halogens is 2. The smallest absolute Gasteiger partial charge is 0.279 e. The predicted octanol–water partition coefficient (Wildman–Crippen LogP) is 2.61. The van der Waals surface area contributed by atoms with Crippen molar-refractivity contribution in [3.05, 3.63) is 12.2 Å². The van der Waals surface area contributed by atoms with Gasteiger partial charge in [-0.3, -0.25) is 5.41 Å². The molecule has 0 fully saturated rings. The van der Waals surface area contributed by atoms with E-state index in [-0.39, 0.29) is 11.1 Å². The summed E-state index contributed by atoms with van der Waals surface area (Å²) in [6, 6.07) is 0. The van der Waals surface area contributed by atoms with E-state index in [1.807, 2.05) is 20.9 Å². The van der Waals surface area contributed by atoms with Crippen molar-refractivity contribution in [2.75, 3.05) is 7.05 Å². The maximum Gasteiger partial charge on any atom is 0.279 e. The number of nitrogens with one attached hydrogen (secondary N) is 2. The zero-order valence-electron chi connectivity index (χ0n) is 8.95. The van der Waals surface area contributed by atoms with Crippen LogP contribution in [-0.2, 0) is 0 Å². The number of allylic oxidation sites excluding steroid dienone is 1. The maximum atomic E-state index is 12.1. The van der Waals surface area contributed by atoms with Gasteiger partial charge in [0, 0.05) is 5.54 Å². The summed E-state index contributed by atoms with van der Waals surface area (Å²) in [6.45, 7) is 7.44. The van der Waals surface area contributed by atoms with Gasteiger partial charge in [-0.1, -0.05) is 6.58 Å². The van der Waals surface area contributed by atoms with Gasteiger partial charge in [0.25, 0.3) is 6.43 Å². The molecule has 14 heavy (non-hydrogen) atoms. The zero-order valence-corrected chi connectivity index (χ0v) is 8.95. The minimum absolute atomic E-state index is 0.106. The Bertz CT molecular complexity index is 222. The summed E-state index contributed by atoms with van der Waals surface area (Å²) in [4.78, 5) is 0. The van der Waals surface area contributed by atoms with Crippen molar-refractivity contribution in [2.24, 2.45) is 0 Å². The van der Waals surface area contributed by atoms with Crippen LogP contribution >= 0.6 is 0 Å². The van der Waals surface area contributed by atoms with Gasteiger partial charge in [0.1, 0.15) is 0 Å². The normalized spacial score (nSPS) is 11.9. The average Bonchev–Trinajstić information content (AvgIpc) is 2.13. The lowest BCUT2D eigenvalue weighted by atomic mass is 9.94. The molecule has 0 aromatic carbocycles. The molecule has 0 atom stereocenters. The zero-order chi connectivity index (χ0) is 11.4. The lowest BCUT2D eigenvalue weighted by Crippen LogP contribution is -2.36. The molecule has 0 aromatic heterocycles. The van der Waals surface area contributed by atoms with Crippen molar-refractivity contribution in [1.82, 2.24) is 5.32 Å². The summed E-state index contributed by atoms with van der Waals surface area (Å²) in [6.07, 6.45) is -1.59. The van der Waals surface area contributed by atoms with Crippen LogP contribution in [0.1, 0.15) is 26.7 Å². The van der Waals surface area contributed by atoms with Gasteiger partial charge in [-0.05, 0) is 39.3 Å². The predicted molar refractivity (Wildman–Crippen MR) is 55.2 cm³/mol. The average molecular weight is 204 g/mol. The number of hydrogen-bond acceptors (Lipinski definition) is 2. The standard InChI is InChI=1S/C10H18F2N2/c1-7(8(13)9(11)12)5-6-10(2,3)14-4/h9,13-14H,1,5-6H2,2-4H3. The Morgan fingerprint density at radius 1 is 1.50 bits per heavy atom. The van der Waals surface area contributed by atoms with Gasteiger partial charge in [0.15, 0.2) is 0 Å². The summed E-state index contributed by atoms with van der Waals surface area (Å²) in [5.41, 5.74) is -0.522. The Kier molecular flexibility index (Phi) is 4.91. The largest absolute Gasteiger partial charge is 0.315 e. The lowest BCUT2D eigenvalue weighted by Gasteiger charge is -2.24. The molecule has 2 N–H and O–H groups in total. The number of alkyl halides is 2. The molecule has 0 rings (SSSR count). The molecule has 0 aromatic rings. The highest BCUT2D eigenvalue weighted by Gasteiger charge is 2.18. The van der Waals surface area contributed by atoms with Crippen LogP contribution in [0.4, 0.5) is 8.78 Å². The fourth-order valence-corrected chi connectivity index (χ4v) is 0.877. The molecule has 0 aliphatic carbocycles. The Balaban J connectivity index is 4.04. The summed E-state index contributed by atoms with van der Waals surface area (Å²) in [5, 5.41) is 10.1. The van der Waals surface area contributed by atoms with Gasteiger partial charge in [-0.2, -0.15) is 0 Å². The van der Waals surface area contributed by atoms with E-state index in [1.54, 1.807) is 0 Å². The van der Waals surface area contributed by atoms with Crippen LogP contribution in [-0.4, -0.2) is 24.7 Å². The Hall–Kier alpha value is -0.770. The van der Waals surface area contributed by atoms with E-state index < -0.39 is 12.1 Å². The molecule has 0 saturated heterocycles. The first-order valence-corrected chi connectivity index (χ1v) is 4.54. The molecule has 0 unspecified atom stereocenters. The second kappa shape index (κ2) is 5.20. The Morgan fingerprint density at radius 2 is 2.00 bits per heavy atom. The Labute approximate surface area is 83.9 Å². The Morgan fingerprint density at radius 3 is 2.36 bits per heavy atom. The van der Waals surface area contributed by atoms with Crippen LogP contribution in [0.3, 0.4) is 0 Å². The van der Waals surface area contributed by atoms with E-state index in [0.717, 1.165) is 0 Å². The van der Waals surface area contributed by atoms with Crippen LogP contribution in [0.25, 0.3) is 0 Å². The van der Waals surface area contributed by atoms with E-state index in [0.29, 0.717) is 12.8 Å². The third kappa shape index (κ3) is 4.46. The molecular weight excluding hydrogens is 186 g/mol. The van der Waals surface area contributed by atoms with Crippen LogP contribution in [0, 0.1) is 5.41 Å². The molecule has 0 heterocycles. The van der Waals surface area contributed by atoms with E-state index >= 15 is 0 Å². The first-order valence-electron chi connectivity index (χ1n) is 4.54. The summed E-state index contributed by atoms with van der Waals surface area (Å²) in [7, 11) is 1.82. The second-order valence-corrected chi connectivity index (χ2v) is 3.95. The number of rotatable bonds is 6. The van der Waals surface area contributed by atoms with Crippen LogP contribution < -0.4 is 5.32 Å². The quantitative estimate of drug-likeness (QED) is 0.641. The first-order chi connectivity index (χ1) is 6.30. The molecule has 0 aliphatic rings. The SMILES string of the molecule is C=C(CCC(C)(C)NC)C(=N)C(F)F. The molecule has 82 valence electrons. The highest BCUT2D eigenvalue weighted by atomic mass is 19.3. The molecule has 0 aliphatic heterocycles. The molecule has 4 heteroatoms. The first kappa shape index (κ1) is 13.2. The van der Waals surface area contributed by atoms with Gasteiger partial charge >= 0.3 is 0 Å². The van der Waals surface area contributed by atoms with Crippen molar-refractivity contribution < 1.29 is 8.78 Å². The van der Waals surface area contributed by atoms with Gasteiger partial charge in [-0.25, -0.2) is 8.78 Å². The van der Waals surface area contributed by atoms with Crippen molar-refractivity contribution in [3.63, 3.8) is 0 Å². The molecule has 0 bridgehead atoms. The van der Waals surface area contributed by atoms with E-state index in [9.17, 15) is 8.78 Å². The molecule has 0 amide bonds. The van der Waals surface area contributed by atoms with Gasteiger partial charge in [0.2, 0.25) is 0 Å². The van der Waals surface area contributed by atoms with Crippen molar-refractivity contribution in [3.8, 4) is 0 Å². The van der Waals surface area contributed by atoms with E-state index in [4.69, 9.17) is 5.41 Å². The van der Waals surface area contributed by atoms with Crippen molar-refractivity contribution in [1.29, 1.82) is 5.41 Å². The topological polar surface area (TPSA) is 35.9 Å². The molecule has 0 spiro atoms. The second-order valence-electron chi connectivity index (χ2n) is 3.95. The van der Waals surface area contributed by atoms with Crippen molar-refractivity contribution in [2.45, 2.75) is 38.7 Å². The fourth-order valence-electron chi connectivity index (χ4n) is 0.877. The highest BCUT2D eigenvalue weighted by Crippen LogP contribution is 2.16. The van der Waals surface area contributed by atoms with Crippen LogP contribution in [0.2, 0.25) is 0 Å². The fraction of sp³-hybridized carbons (Fsp3) is 0.700. The monoisotopic (exact) mass is 204 g/mol. The third-order valence-electron chi connectivity index (χ3n) is 2.33. The van der Waals surface area contributed by atoms with E-state index in [2.05, 4.69) is 11.9 Å². The maximum absolute atomic E-state index is 12.1. The summed E-state index contributed by atoms with van der Waals surface area (Å²) in [5.74, 6) is 0. The van der Waals surface area contributed by atoms with Crippen molar-refractivity contribution >= 4 is 5.71 Å². The molecule has 2 nitrogen and oxygen atoms in total. The number of hydrogen-bond donors (Lipinski definition) is 2. The molecule has 0 saturated carbocycles. The minimum atomic E-state index is -2.71. The van der Waals surface area contributed by atoms with Gasteiger partial charge < -0.3 is 5.32 Å². The molecule has 0 radical (unpaired) electrons. The summed E-state index contributed by atoms with van der Waals surface area (Å²) >= 11 is 0. The van der Waals surface area contributed by atoms with Gasteiger partial charge in [-0.15, -0.1) is 0 Å². The summed E-state index contributed by atoms with van der Waals surface area (Å²) < 4.78 is 24.2. The third-order valence-corrected chi connectivity index (χ3v) is 2.33. The van der Waals surface area contributed by atoms with Crippen LogP contribution in [0.15, 0.2) is 12.2 Å². The lowest BCUT2D eigenvalue weighted by molar-refractivity contribution is 0.224. The van der Waals surface area contributed by atoms with Crippen LogP contribution in [0.5, 0.6) is 0 Å². The minimum Gasteiger partial charge on any atom is -0.315 e. The van der Waals surface area contributed by atoms with Gasteiger partial charge in [0.05, 0.1) is 5.71 Å². The van der Waals surface area contributed by atoms with E-state index in [1.165, 1.54) is 0 Å². The molecular formula is C10H18F2N2.